The van der Waals surface area contributed by atoms with E-state index in [1.165, 1.54) is 5.56 Å². The molecule has 1 aromatic rings. The molecule has 1 aromatic carbocycles. The van der Waals surface area contributed by atoms with E-state index in [0.29, 0.717) is 5.71 Å². The molecule has 0 aliphatic rings. The number of amides is 2. The van der Waals surface area contributed by atoms with E-state index in [0.717, 1.165) is 18.4 Å². The number of nitrogens with zero attached hydrogens (tertiary/aromatic N) is 1. The second kappa shape index (κ2) is 6.54. The van der Waals surface area contributed by atoms with Crippen molar-refractivity contribution in [3.8, 4) is 0 Å². The van der Waals surface area contributed by atoms with Crippen molar-refractivity contribution in [2.45, 2.75) is 26.7 Å². The number of carbonyl (C=O) groups excluding carboxylic acids is 2. The topological polar surface area (TPSA) is 84.6 Å². The van der Waals surface area contributed by atoms with Gasteiger partial charge in [-0.05, 0) is 24.5 Å². The summed E-state index contributed by atoms with van der Waals surface area (Å²) in [7, 11) is 0. The van der Waals surface area contributed by atoms with E-state index in [1.54, 1.807) is 6.92 Å². The molecule has 96 valence electrons. The van der Waals surface area contributed by atoms with Crippen LogP contribution in [0.3, 0.4) is 0 Å². The zero-order chi connectivity index (χ0) is 13.5. The molecule has 0 atom stereocenters. The number of hydrogen-bond acceptors (Lipinski definition) is 3. The summed E-state index contributed by atoms with van der Waals surface area (Å²) in [6.07, 6.45) is 2.13. The Morgan fingerprint density at radius 1 is 1.28 bits per heavy atom. The van der Waals surface area contributed by atoms with Crippen molar-refractivity contribution in [1.82, 2.24) is 5.43 Å². The van der Waals surface area contributed by atoms with Crippen LogP contribution in [-0.2, 0) is 16.0 Å². The first-order valence-electron chi connectivity index (χ1n) is 5.78. The molecule has 0 spiro atoms. The highest BCUT2D eigenvalue weighted by atomic mass is 16.2. The summed E-state index contributed by atoms with van der Waals surface area (Å²) in [5, 5.41) is 3.81. The third-order valence-corrected chi connectivity index (χ3v) is 2.46. The van der Waals surface area contributed by atoms with Gasteiger partial charge in [-0.3, -0.25) is 9.59 Å². The molecule has 2 amide bonds. The minimum Gasteiger partial charge on any atom is -0.361 e. The predicted octanol–water partition coefficient (Wildman–Crippen LogP) is 0.965. The van der Waals surface area contributed by atoms with Gasteiger partial charge >= 0.3 is 11.8 Å². The number of nitrogens with two attached hydrogens (primary N) is 1. The standard InChI is InChI=1S/C13H17N3O2/c1-3-4-10-5-7-11(8-6-10)9(2)15-16-13(18)12(14)17/h5-8H,3-4H2,1-2H3,(H2,14,17)(H,16,18)/b15-9+. The Hall–Kier alpha value is -2.17. The van der Waals surface area contributed by atoms with Gasteiger partial charge in [-0.25, -0.2) is 5.43 Å². The molecule has 5 nitrogen and oxygen atoms in total. The molecule has 0 aliphatic carbocycles. The van der Waals surface area contributed by atoms with Gasteiger partial charge in [0.25, 0.3) is 0 Å². The zero-order valence-electron chi connectivity index (χ0n) is 10.6. The second-order valence-corrected chi connectivity index (χ2v) is 3.95. The number of primary amides is 1. The van der Waals surface area contributed by atoms with Gasteiger partial charge in [0, 0.05) is 0 Å². The van der Waals surface area contributed by atoms with E-state index < -0.39 is 11.8 Å². The number of hydrazone groups is 1. The average Bonchev–Trinajstić information content (AvgIpc) is 2.36. The van der Waals surface area contributed by atoms with Gasteiger partial charge in [-0.15, -0.1) is 0 Å². The molecule has 3 N–H and O–H groups in total. The first-order chi connectivity index (χ1) is 8.54. The van der Waals surface area contributed by atoms with Crippen LogP contribution >= 0.6 is 0 Å². The number of nitrogens with one attached hydrogen (secondary N) is 1. The van der Waals surface area contributed by atoms with Gasteiger partial charge in [0.2, 0.25) is 0 Å². The Morgan fingerprint density at radius 2 is 1.89 bits per heavy atom. The molecule has 0 heterocycles. The van der Waals surface area contributed by atoms with Crippen molar-refractivity contribution in [3.63, 3.8) is 0 Å². The number of rotatable bonds is 4. The molecule has 0 saturated heterocycles. The Kier molecular flexibility index (Phi) is 5.05. The van der Waals surface area contributed by atoms with E-state index >= 15 is 0 Å². The number of carbonyl (C=O) groups is 2. The molecule has 0 unspecified atom stereocenters. The van der Waals surface area contributed by atoms with Crippen LogP contribution in [0.1, 0.15) is 31.4 Å². The Labute approximate surface area is 106 Å². The van der Waals surface area contributed by atoms with Gasteiger partial charge in [0.15, 0.2) is 0 Å². The van der Waals surface area contributed by atoms with Gasteiger partial charge in [0.05, 0.1) is 5.71 Å². The van der Waals surface area contributed by atoms with Crippen molar-refractivity contribution in [2.75, 3.05) is 0 Å². The van der Waals surface area contributed by atoms with Gasteiger partial charge in [-0.1, -0.05) is 37.6 Å². The maximum absolute atomic E-state index is 10.9. The van der Waals surface area contributed by atoms with E-state index in [9.17, 15) is 9.59 Å². The summed E-state index contributed by atoms with van der Waals surface area (Å²) in [6.45, 7) is 3.87. The van der Waals surface area contributed by atoms with Crippen LogP contribution in [0.4, 0.5) is 0 Å². The van der Waals surface area contributed by atoms with Gasteiger partial charge in [-0.2, -0.15) is 5.10 Å². The van der Waals surface area contributed by atoms with Crippen molar-refractivity contribution in [3.05, 3.63) is 35.4 Å². The summed E-state index contributed by atoms with van der Waals surface area (Å²) in [4.78, 5) is 21.4. The van der Waals surface area contributed by atoms with Crippen LogP contribution in [0.2, 0.25) is 0 Å². The lowest BCUT2D eigenvalue weighted by molar-refractivity contribution is -0.137. The predicted molar refractivity (Wildman–Crippen MR) is 70.0 cm³/mol. The highest BCUT2D eigenvalue weighted by molar-refractivity contribution is 6.34. The van der Waals surface area contributed by atoms with Crippen molar-refractivity contribution < 1.29 is 9.59 Å². The molecule has 0 radical (unpaired) electrons. The first kappa shape index (κ1) is 13.9. The van der Waals surface area contributed by atoms with Crippen LogP contribution in [0.5, 0.6) is 0 Å². The largest absolute Gasteiger partial charge is 0.361 e. The fourth-order valence-electron chi connectivity index (χ4n) is 1.46. The quantitative estimate of drug-likeness (QED) is 0.472. The summed E-state index contributed by atoms with van der Waals surface area (Å²) in [5.41, 5.74) is 9.65. The molecule has 5 heteroatoms. The Morgan fingerprint density at radius 3 is 2.39 bits per heavy atom. The third kappa shape index (κ3) is 4.01. The molecule has 0 saturated carbocycles. The van der Waals surface area contributed by atoms with E-state index in [4.69, 9.17) is 5.73 Å². The van der Waals surface area contributed by atoms with Crippen LogP contribution in [0.25, 0.3) is 0 Å². The van der Waals surface area contributed by atoms with E-state index in [-0.39, 0.29) is 0 Å². The van der Waals surface area contributed by atoms with Crippen LogP contribution < -0.4 is 11.2 Å². The van der Waals surface area contributed by atoms with E-state index in [2.05, 4.69) is 17.5 Å². The molecule has 0 aromatic heterocycles. The average molecular weight is 247 g/mol. The minimum absolute atomic E-state index is 0.618. The number of aryl methyl sites for hydroxylation is 1. The van der Waals surface area contributed by atoms with Crippen molar-refractivity contribution in [2.24, 2.45) is 10.8 Å². The minimum atomic E-state index is -1.05. The lowest BCUT2D eigenvalue weighted by Gasteiger charge is -2.03. The van der Waals surface area contributed by atoms with Crippen LogP contribution in [-0.4, -0.2) is 17.5 Å². The van der Waals surface area contributed by atoms with Gasteiger partial charge < -0.3 is 5.73 Å². The van der Waals surface area contributed by atoms with E-state index in [1.807, 2.05) is 24.3 Å². The fraction of sp³-hybridized carbons (Fsp3) is 0.308. The number of hydrogen-bond donors (Lipinski definition) is 2. The first-order valence-corrected chi connectivity index (χ1v) is 5.78. The lowest BCUT2D eigenvalue weighted by Crippen LogP contribution is -2.33. The zero-order valence-corrected chi connectivity index (χ0v) is 10.6. The summed E-state index contributed by atoms with van der Waals surface area (Å²) >= 11 is 0. The maximum atomic E-state index is 10.9. The van der Waals surface area contributed by atoms with Crippen molar-refractivity contribution >= 4 is 17.5 Å². The molecular weight excluding hydrogens is 230 g/mol. The second-order valence-electron chi connectivity index (χ2n) is 3.95. The van der Waals surface area contributed by atoms with Crippen LogP contribution in [0, 0.1) is 0 Å². The molecule has 0 bridgehead atoms. The lowest BCUT2D eigenvalue weighted by atomic mass is 10.1. The molecule has 1 rings (SSSR count). The fourth-order valence-corrected chi connectivity index (χ4v) is 1.46. The third-order valence-electron chi connectivity index (χ3n) is 2.46. The molecular formula is C13H17N3O2. The molecule has 0 aliphatic heterocycles. The highest BCUT2D eigenvalue weighted by Crippen LogP contribution is 2.07. The molecule has 18 heavy (non-hydrogen) atoms. The van der Waals surface area contributed by atoms with Crippen molar-refractivity contribution in [1.29, 1.82) is 0 Å². The smallest absolute Gasteiger partial charge is 0.329 e. The highest BCUT2D eigenvalue weighted by Gasteiger charge is 2.06. The normalized spacial score (nSPS) is 11.1. The monoisotopic (exact) mass is 247 g/mol. The van der Waals surface area contributed by atoms with Gasteiger partial charge in [0.1, 0.15) is 0 Å². The maximum Gasteiger partial charge on any atom is 0.329 e. The summed E-state index contributed by atoms with van der Waals surface area (Å²) in [6, 6.07) is 7.90. The number of benzene rings is 1. The Balaban J connectivity index is 2.71. The Bertz CT molecular complexity index is 464. The SMILES string of the molecule is CCCc1ccc(/C(C)=N/NC(=O)C(N)=O)cc1. The summed E-state index contributed by atoms with van der Waals surface area (Å²) < 4.78 is 0. The molecule has 0 fully saturated rings. The summed E-state index contributed by atoms with van der Waals surface area (Å²) in [5.74, 6) is -1.97. The van der Waals surface area contributed by atoms with Crippen LogP contribution in [0.15, 0.2) is 29.4 Å².